The van der Waals surface area contributed by atoms with Crippen LogP contribution in [0.4, 0.5) is 0 Å². The van der Waals surface area contributed by atoms with Crippen LogP contribution >= 0.6 is 0 Å². The van der Waals surface area contributed by atoms with Gasteiger partial charge >= 0.3 is 9.28 Å². The first-order valence-corrected chi connectivity index (χ1v) is 4.01. The molecule has 0 spiro atoms. The van der Waals surface area contributed by atoms with E-state index in [1.807, 2.05) is 6.92 Å². The standard InChI is InChI=1S/C4H11O3Si/c1-3-7-8(4-5)6-2/h5H,3-4H2,1-2H3. The second-order valence-corrected chi connectivity index (χ2v) is 2.92. The van der Waals surface area contributed by atoms with E-state index in [2.05, 4.69) is 0 Å². The Hall–Kier alpha value is 0.0969. The van der Waals surface area contributed by atoms with Crippen molar-refractivity contribution in [3.8, 4) is 0 Å². The van der Waals surface area contributed by atoms with Crippen molar-refractivity contribution < 1.29 is 14.0 Å². The first-order valence-electron chi connectivity index (χ1n) is 2.48. The third kappa shape index (κ3) is 3.14. The highest BCUT2D eigenvalue weighted by Crippen LogP contribution is 1.83. The van der Waals surface area contributed by atoms with Crippen molar-refractivity contribution in [1.82, 2.24) is 0 Å². The van der Waals surface area contributed by atoms with Gasteiger partial charge in [-0.05, 0) is 6.92 Å². The lowest BCUT2D eigenvalue weighted by molar-refractivity contribution is 0.204. The third-order valence-electron chi connectivity index (χ3n) is 0.662. The lowest BCUT2D eigenvalue weighted by Gasteiger charge is -2.05. The molecule has 0 heterocycles. The van der Waals surface area contributed by atoms with Crippen molar-refractivity contribution in [3.63, 3.8) is 0 Å². The summed E-state index contributed by atoms with van der Waals surface area (Å²) in [6, 6.07) is 0. The Kier molecular flexibility index (Phi) is 5.30. The molecule has 0 aromatic carbocycles. The van der Waals surface area contributed by atoms with Gasteiger partial charge in [0, 0.05) is 13.7 Å². The van der Waals surface area contributed by atoms with Crippen LogP contribution in [-0.4, -0.2) is 34.3 Å². The van der Waals surface area contributed by atoms with Crippen LogP contribution in [0, 0.1) is 0 Å². The molecule has 0 aliphatic heterocycles. The van der Waals surface area contributed by atoms with Crippen molar-refractivity contribution in [3.05, 3.63) is 0 Å². The quantitative estimate of drug-likeness (QED) is 0.537. The minimum atomic E-state index is -1.32. The second kappa shape index (κ2) is 5.24. The van der Waals surface area contributed by atoms with Crippen molar-refractivity contribution in [2.45, 2.75) is 6.92 Å². The van der Waals surface area contributed by atoms with Gasteiger partial charge < -0.3 is 14.0 Å². The van der Waals surface area contributed by atoms with Crippen LogP contribution in [0.5, 0.6) is 0 Å². The van der Waals surface area contributed by atoms with Gasteiger partial charge in [0.05, 0.1) is 6.23 Å². The number of hydrogen-bond acceptors (Lipinski definition) is 3. The summed E-state index contributed by atoms with van der Waals surface area (Å²) in [7, 11) is 0.223. The van der Waals surface area contributed by atoms with Crippen LogP contribution in [0.25, 0.3) is 0 Å². The monoisotopic (exact) mass is 135 g/mol. The summed E-state index contributed by atoms with van der Waals surface area (Å²) in [6.07, 6.45) is 0.0228. The lowest BCUT2D eigenvalue weighted by Crippen LogP contribution is -2.25. The zero-order chi connectivity index (χ0) is 6.41. The fraction of sp³-hybridized carbons (Fsp3) is 1.00. The largest absolute Gasteiger partial charge is 0.412 e. The molecular formula is C4H11O3Si. The van der Waals surface area contributed by atoms with Gasteiger partial charge in [0.2, 0.25) is 0 Å². The molecule has 0 aliphatic rings. The Morgan fingerprint density at radius 2 is 2.25 bits per heavy atom. The summed E-state index contributed by atoms with van der Waals surface area (Å²) in [4.78, 5) is 0. The number of aliphatic hydroxyl groups is 1. The Labute approximate surface area is 51.1 Å². The highest BCUT2D eigenvalue weighted by atomic mass is 28.3. The molecule has 0 saturated carbocycles. The first-order chi connectivity index (χ1) is 3.85. The van der Waals surface area contributed by atoms with Gasteiger partial charge in [0.25, 0.3) is 0 Å². The van der Waals surface area contributed by atoms with E-state index in [1.165, 1.54) is 0 Å². The minimum Gasteiger partial charge on any atom is -0.395 e. The van der Waals surface area contributed by atoms with Crippen molar-refractivity contribution in [2.75, 3.05) is 19.9 Å². The average Bonchev–Trinajstić information content (AvgIpc) is 1.83. The molecule has 0 unspecified atom stereocenters. The molecule has 1 N–H and O–H groups in total. The van der Waals surface area contributed by atoms with Gasteiger partial charge in [-0.2, -0.15) is 0 Å². The van der Waals surface area contributed by atoms with Crippen LogP contribution in [0.1, 0.15) is 6.92 Å². The van der Waals surface area contributed by atoms with Crippen molar-refractivity contribution >= 4 is 9.28 Å². The van der Waals surface area contributed by atoms with E-state index in [1.54, 1.807) is 7.11 Å². The van der Waals surface area contributed by atoms with Gasteiger partial charge in [-0.25, -0.2) is 0 Å². The fourth-order valence-electron chi connectivity index (χ4n) is 0.330. The molecule has 3 nitrogen and oxygen atoms in total. The molecule has 0 aromatic rings. The Bertz CT molecular complexity index is 46.5. The smallest absolute Gasteiger partial charge is 0.395 e. The summed E-state index contributed by atoms with van der Waals surface area (Å²) in [5, 5.41) is 8.45. The predicted molar refractivity (Wildman–Crippen MR) is 31.5 cm³/mol. The lowest BCUT2D eigenvalue weighted by atomic mass is 10.9. The molecule has 0 fully saturated rings. The molecule has 1 radical (unpaired) electrons. The van der Waals surface area contributed by atoms with Crippen LogP contribution in [-0.2, 0) is 8.85 Å². The van der Waals surface area contributed by atoms with Crippen LogP contribution < -0.4 is 0 Å². The van der Waals surface area contributed by atoms with E-state index >= 15 is 0 Å². The van der Waals surface area contributed by atoms with Gasteiger partial charge in [-0.1, -0.05) is 0 Å². The molecule has 0 amide bonds. The van der Waals surface area contributed by atoms with Crippen LogP contribution in [0.2, 0.25) is 0 Å². The maximum absolute atomic E-state index is 8.45. The highest BCUT2D eigenvalue weighted by Gasteiger charge is 2.09. The zero-order valence-electron chi connectivity index (χ0n) is 5.18. The number of aliphatic hydroxyl groups excluding tert-OH is 1. The number of hydrogen-bond donors (Lipinski definition) is 1. The van der Waals surface area contributed by atoms with E-state index < -0.39 is 9.28 Å². The van der Waals surface area contributed by atoms with E-state index in [0.717, 1.165) is 0 Å². The zero-order valence-corrected chi connectivity index (χ0v) is 6.18. The van der Waals surface area contributed by atoms with E-state index in [9.17, 15) is 0 Å². The van der Waals surface area contributed by atoms with Gasteiger partial charge in [-0.15, -0.1) is 0 Å². The Morgan fingerprint density at radius 1 is 1.62 bits per heavy atom. The molecular weight excluding hydrogens is 124 g/mol. The van der Waals surface area contributed by atoms with E-state index in [-0.39, 0.29) is 6.23 Å². The summed E-state index contributed by atoms with van der Waals surface area (Å²) in [6.45, 7) is 2.49. The normalized spacial score (nSPS) is 10.5. The maximum atomic E-state index is 8.45. The van der Waals surface area contributed by atoms with Gasteiger partial charge in [-0.3, -0.25) is 0 Å². The first kappa shape index (κ1) is 8.10. The maximum Gasteiger partial charge on any atom is 0.412 e. The molecule has 0 aromatic heterocycles. The van der Waals surface area contributed by atoms with Crippen molar-refractivity contribution in [2.24, 2.45) is 0 Å². The summed E-state index contributed by atoms with van der Waals surface area (Å²) in [5.41, 5.74) is 0. The minimum absolute atomic E-state index is 0.0228. The second-order valence-electron chi connectivity index (χ2n) is 1.17. The molecule has 0 rings (SSSR count). The Morgan fingerprint density at radius 3 is 2.38 bits per heavy atom. The third-order valence-corrected chi connectivity index (χ3v) is 1.99. The average molecular weight is 135 g/mol. The molecule has 8 heavy (non-hydrogen) atoms. The van der Waals surface area contributed by atoms with E-state index in [4.69, 9.17) is 14.0 Å². The summed E-state index contributed by atoms with van der Waals surface area (Å²) >= 11 is 0. The van der Waals surface area contributed by atoms with Crippen LogP contribution in [0.3, 0.4) is 0 Å². The van der Waals surface area contributed by atoms with E-state index in [0.29, 0.717) is 6.61 Å². The van der Waals surface area contributed by atoms with Crippen LogP contribution in [0.15, 0.2) is 0 Å². The molecule has 49 valence electrons. The number of rotatable bonds is 4. The highest BCUT2D eigenvalue weighted by molar-refractivity contribution is 6.43. The SMILES string of the molecule is CCO[Si](CO)OC. The molecule has 0 saturated heterocycles. The molecule has 0 atom stereocenters. The predicted octanol–water partition coefficient (Wildman–Crippen LogP) is -0.311. The van der Waals surface area contributed by atoms with Gasteiger partial charge in [0.1, 0.15) is 0 Å². The Balaban J connectivity index is 3.07. The molecule has 0 aliphatic carbocycles. The van der Waals surface area contributed by atoms with Crippen molar-refractivity contribution in [1.29, 1.82) is 0 Å². The molecule has 4 heteroatoms. The fourth-order valence-corrected chi connectivity index (χ4v) is 0.990. The summed E-state index contributed by atoms with van der Waals surface area (Å²) < 4.78 is 9.74. The topological polar surface area (TPSA) is 38.7 Å². The van der Waals surface area contributed by atoms with Gasteiger partial charge in [0.15, 0.2) is 0 Å². The summed E-state index contributed by atoms with van der Waals surface area (Å²) in [5.74, 6) is 0. The molecule has 0 bridgehead atoms.